The summed E-state index contributed by atoms with van der Waals surface area (Å²) < 4.78 is 7.36. The molecule has 152 valence electrons. The predicted molar refractivity (Wildman–Crippen MR) is 113 cm³/mol. The van der Waals surface area contributed by atoms with Crippen LogP contribution < -0.4 is 15.5 Å². The second-order valence-electron chi connectivity index (χ2n) is 7.07. The summed E-state index contributed by atoms with van der Waals surface area (Å²) in [5.74, 6) is 1.47. The van der Waals surface area contributed by atoms with E-state index in [9.17, 15) is 4.79 Å². The maximum absolute atomic E-state index is 12.3. The van der Waals surface area contributed by atoms with Crippen LogP contribution >= 0.6 is 0 Å². The maximum atomic E-state index is 12.3. The molecular formula is C21H26N6O2. The van der Waals surface area contributed by atoms with Crippen LogP contribution in [0.2, 0.25) is 0 Å². The van der Waals surface area contributed by atoms with E-state index in [-0.39, 0.29) is 5.91 Å². The first kappa shape index (κ1) is 19.2. The first-order chi connectivity index (χ1) is 14.2. The minimum absolute atomic E-state index is 0.0210. The lowest BCUT2D eigenvalue weighted by Crippen LogP contribution is -2.37. The van der Waals surface area contributed by atoms with Crippen molar-refractivity contribution in [1.29, 1.82) is 0 Å². The van der Waals surface area contributed by atoms with Gasteiger partial charge >= 0.3 is 0 Å². The third-order valence-electron chi connectivity index (χ3n) is 4.90. The number of aryl methyl sites for hydroxylation is 1. The SMILES string of the molecule is Cc1cc(N2CCOCC2)nc(NCCNC(=O)Cn2ccc3ccccc32)n1. The second-order valence-corrected chi connectivity index (χ2v) is 7.07. The number of morpholine rings is 1. The summed E-state index contributed by atoms with van der Waals surface area (Å²) in [7, 11) is 0. The highest BCUT2D eigenvalue weighted by atomic mass is 16.5. The quantitative estimate of drug-likeness (QED) is 0.595. The number of amides is 1. The van der Waals surface area contributed by atoms with Gasteiger partial charge in [-0.25, -0.2) is 4.98 Å². The zero-order valence-corrected chi connectivity index (χ0v) is 16.6. The van der Waals surface area contributed by atoms with Crippen molar-refractivity contribution in [3.05, 3.63) is 48.3 Å². The Hall–Kier alpha value is -3.13. The minimum atomic E-state index is -0.0210. The van der Waals surface area contributed by atoms with E-state index >= 15 is 0 Å². The molecule has 1 aliphatic heterocycles. The van der Waals surface area contributed by atoms with Crippen molar-refractivity contribution in [2.75, 3.05) is 49.6 Å². The normalized spacial score (nSPS) is 14.2. The summed E-state index contributed by atoms with van der Waals surface area (Å²) in [5.41, 5.74) is 1.97. The number of nitrogens with one attached hydrogen (secondary N) is 2. The van der Waals surface area contributed by atoms with E-state index < -0.39 is 0 Å². The molecule has 0 radical (unpaired) electrons. The van der Waals surface area contributed by atoms with E-state index in [4.69, 9.17) is 4.74 Å². The Morgan fingerprint density at radius 3 is 2.83 bits per heavy atom. The topological polar surface area (TPSA) is 84.3 Å². The van der Waals surface area contributed by atoms with Gasteiger partial charge in [0, 0.05) is 49.7 Å². The van der Waals surface area contributed by atoms with Gasteiger partial charge in [0.05, 0.1) is 13.2 Å². The molecule has 0 aliphatic carbocycles. The molecule has 1 amide bonds. The molecule has 2 aromatic heterocycles. The van der Waals surface area contributed by atoms with Crippen LogP contribution in [0.4, 0.5) is 11.8 Å². The number of fused-ring (bicyclic) bond motifs is 1. The van der Waals surface area contributed by atoms with Crippen LogP contribution in [0, 0.1) is 6.92 Å². The van der Waals surface area contributed by atoms with E-state index in [0.29, 0.717) is 38.8 Å². The summed E-state index contributed by atoms with van der Waals surface area (Å²) in [6.07, 6.45) is 1.94. The number of anilines is 2. The van der Waals surface area contributed by atoms with Gasteiger partial charge in [-0.3, -0.25) is 4.79 Å². The van der Waals surface area contributed by atoms with E-state index in [1.165, 1.54) is 0 Å². The van der Waals surface area contributed by atoms with Crippen molar-refractivity contribution in [1.82, 2.24) is 19.9 Å². The largest absolute Gasteiger partial charge is 0.378 e. The Morgan fingerprint density at radius 2 is 1.97 bits per heavy atom. The average molecular weight is 394 g/mol. The first-order valence-electron chi connectivity index (χ1n) is 9.92. The number of aromatic nitrogens is 3. The molecule has 29 heavy (non-hydrogen) atoms. The number of ether oxygens (including phenoxy) is 1. The summed E-state index contributed by atoms with van der Waals surface area (Å²) in [6, 6.07) is 12.0. The van der Waals surface area contributed by atoms with Crippen LogP contribution in [0.3, 0.4) is 0 Å². The summed E-state index contributed by atoms with van der Waals surface area (Å²) in [5, 5.41) is 7.28. The molecule has 1 aliphatic rings. The molecule has 1 fully saturated rings. The summed E-state index contributed by atoms with van der Waals surface area (Å²) >= 11 is 0. The molecule has 2 N–H and O–H groups in total. The van der Waals surface area contributed by atoms with Crippen LogP contribution in [0.15, 0.2) is 42.6 Å². The van der Waals surface area contributed by atoms with Crippen molar-refractivity contribution < 1.29 is 9.53 Å². The van der Waals surface area contributed by atoms with Crippen LogP contribution in [-0.4, -0.2) is 59.8 Å². The van der Waals surface area contributed by atoms with Crippen molar-refractivity contribution in [3.63, 3.8) is 0 Å². The molecule has 8 nitrogen and oxygen atoms in total. The molecule has 8 heteroatoms. The predicted octanol–water partition coefficient (Wildman–Crippen LogP) is 1.80. The highest BCUT2D eigenvalue weighted by molar-refractivity contribution is 5.83. The second kappa shape index (κ2) is 8.91. The summed E-state index contributed by atoms with van der Waals surface area (Å²) in [6.45, 7) is 6.42. The number of nitrogens with zero attached hydrogens (tertiary/aromatic N) is 4. The van der Waals surface area contributed by atoms with Gasteiger partial charge in [0.25, 0.3) is 0 Å². The van der Waals surface area contributed by atoms with Crippen molar-refractivity contribution in [3.8, 4) is 0 Å². The fourth-order valence-corrected chi connectivity index (χ4v) is 3.45. The number of rotatable bonds is 7. The zero-order valence-electron chi connectivity index (χ0n) is 16.6. The van der Waals surface area contributed by atoms with Crippen molar-refractivity contribution >= 4 is 28.6 Å². The van der Waals surface area contributed by atoms with Gasteiger partial charge in [0.1, 0.15) is 12.4 Å². The summed E-state index contributed by atoms with van der Waals surface area (Å²) in [4.78, 5) is 23.5. The minimum Gasteiger partial charge on any atom is -0.378 e. The van der Waals surface area contributed by atoms with Gasteiger partial charge in [-0.1, -0.05) is 18.2 Å². The third-order valence-corrected chi connectivity index (χ3v) is 4.90. The highest BCUT2D eigenvalue weighted by Gasteiger charge is 2.14. The Balaban J connectivity index is 1.27. The molecule has 4 rings (SSSR count). The molecule has 1 aromatic carbocycles. The van der Waals surface area contributed by atoms with Gasteiger partial charge < -0.3 is 24.8 Å². The highest BCUT2D eigenvalue weighted by Crippen LogP contribution is 2.16. The molecular weight excluding hydrogens is 368 g/mol. The molecule has 3 aromatic rings. The number of carbonyl (C=O) groups excluding carboxylic acids is 1. The molecule has 0 spiro atoms. The fraction of sp³-hybridized carbons (Fsp3) is 0.381. The van der Waals surface area contributed by atoms with E-state index in [0.717, 1.165) is 35.5 Å². The molecule has 0 bridgehead atoms. The molecule has 3 heterocycles. The number of hydrogen-bond acceptors (Lipinski definition) is 6. The lowest BCUT2D eigenvalue weighted by atomic mass is 10.2. The van der Waals surface area contributed by atoms with Crippen molar-refractivity contribution in [2.24, 2.45) is 0 Å². The average Bonchev–Trinajstić information content (AvgIpc) is 3.14. The van der Waals surface area contributed by atoms with Gasteiger partial charge in [-0.2, -0.15) is 4.98 Å². The number of hydrogen-bond donors (Lipinski definition) is 2. The zero-order chi connectivity index (χ0) is 20.1. The van der Waals surface area contributed by atoms with Crippen LogP contribution in [0.5, 0.6) is 0 Å². The molecule has 0 atom stereocenters. The number of para-hydroxylation sites is 1. The van der Waals surface area contributed by atoms with E-state index in [2.05, 4.69) is 25.5 Å². The Morgan fingerprint density at radius 1 is 1.14 bits per heavy atom. The van der Waals surface area contributed by atoms with Gasteiger partial charge in [0.15, 0.2) is 0 Å². The van der Waals surface area contributed by atoms with Crippen LogP contribution in [-0.2, 0) is 16.1 Å². The van der Waals surface area contributed by atoms with Gasteiger partial charge in [-0.15, -0.1) is 0 Å². The molecule has 0 saturated carbocycles. The maximum Gasteiger partial charge on any atom is 0.240 e. The smallest absolute Gasteiger partial charge is 0.240 e. The number of benzene rings is 1. The Labute approximate surface area is 169 Å². The Bertz CT molecular complexity index is 980. The Kier molecular flexibility index (Phi) is 5.90. The van der Waals surface area contributed by atoms with Crippen molar-refractivity contribution in [2.45, 2.75) is 13.5 Å². The molecule has 0 unspecified atom stereocenters. The first-order valence-corrected chi connectivity index (χ1v) is 9.92. The van der Waals surface area contributed by atoms with Crippen LogP contribution in [0.1, 0.15) is 5.69 Å². The standard InChI is InChI=1S/C21H26N6O2/c1-16-14-19(26-10-12-29-13-11-26)25-21(24-16)23-8-7-22-20(28)15-27-9-6-17-4-2-3-5-18(17)27/h2-6,9,14H,7-8,10-13,15H2,1H3,(H,22,28)(H,23,24,25). The monoisotopic (exact) mass is 394 g/mol. The lowest BCUT2D eigenvalue weighted by molar-refractivity contribution is -0.121. The van der Waals surface area contributed by atoms with Gasteiger partial charge in [0.2, 0.25) is 11.9 Å². The van der Waals surface area contributed by atoms with Gasteiger partial charge in [-0.05, 0) is 24.4 Å². The third kappa shape index (κ3) is 4.83. The molecule has 1 saturated heterocycles. The fourth-order valence-electron chi connectivity index (χ4n) is 3.45. The van der Waals surface area contributed by atoms with E-state index in [1.807, 2.05) is 54.1 Å². The lowest BCUT2D eigenvalue weighted by Gasteiger charge is -2.28. The number of carbonyl (C=O) groups is 1. The van der Waals surface area contributed by atoms with E-state index in [1.54, 1.807) is 0 Å². The van der Waals surface area contributed by atoms with Crippen LogP contribution in [0.25, 0.3) is 10.9 Å².